The van der Waals surface area contributed by atoms with Gasteiger partial charge < -0.3 is 0 Å². The average molecular weight is 250 g/mol. The number of benzene rings is 2. The number of fused-ring (bicyclic) bond motifs is 3. The third-order valence-electron chi connectivity index (χ3n) is 2.77. The van der Waals surface area contributed by atoms with Gasteiger partial charge >= 0.3 is 0 Å². The van der Waals surface area contributed by atoms with Crippen molar-refractivity contribution in [2.75, 3.05) is 11.5 Å². The minimum Gasteiger partial charge on any atom is -0.254 e. The fourth-order valence-electron chi connectivity index (χ4n) is 2.00. The molecule has 0 N–H and O–H groups in total. The molecule has 1 heterocycles. The largest absolute Gasteiger partial charge is 0.254 e. The Bertz CT molecular complexity index is 619. The quantitative estimate of drug-likeness (QED) is 0.717. The van der Waals surface area contributed by atoms with Crippen LogP contribution in [0.1, 0.15) is 0 Å². The van der Waals surface area contributed by atoms with Gasteiger partial charge in [-0.3, -0.25) is 8.42 Å². The van der Waals surface area contributed by atoms with Gasteiger partial charge in [-0.2, -0.15) is 0 Å². The predicted octanol–water partition coefficient (Wildman–Crippen LogP) is 2.07. The molecule has 0 fully saturated rings. The van der Waals surface area contributed by atoms with E-state index in [1.165, 1.54) is 0 Å². The molecule has 0 spiro atoms. The van der Waals surface area contributed by atoms with Crippen LogP contribution >= 0.6 is 0 Å². The lowest BCUT2D eigenvalue weighted by molar-refractivity contribution is 0.670. The Hall–Kier alpha value is -1.00. The first-order chi connectivity index (χ1) is 7.77. The Morgan fingerprint density at radius 2 is 1.62 bits per heavy atom. The van der Waals surface area contributed by atoms with Crippen LogP contribution in [0, 0.1) is 0 Å². The summed E-state index contributed by atoms with van der Waals surface area (Å²) in [5.41, 5.74) is 0. The van der Waals surface area contributed by atoms with Crippen LogP contribution in [0.15, 0.2) is 46.2 Å². The van der Waals surface area contributed by atoms with Crippen LogP contribution in [0.5, 0.6) is 0 Å². The molecular formula is C12H10O2S2. The van der Waals surface area contributed by atoms with Crippen LogP contribution in [0.2, 0.25) is 0 Å². The molecule has 0 unspecified atom stereocenters. The van der Waals surface area contributed by atoms with E-state index in [-0.39, 0.29) is 0 Å². The minimum absolute atomic E-state index is 0.508. The Labute approximate surface area is 98.6 Å². The molecule has 4 heteroatoms. The fraction of sp³-hybridized carbons (Fsp3) is 0.167. The van der Waals surface area contributed by atoms with Crippen LogP contribution in [0.25, 0.3) is 10.8 Å². The molecule has 0 aliphatic carbocycles. The second kappa shape index (κ2) is 3.79. The number of hydrogen-bond donors (Lipinski definition) is 0. The van der Waals surface area contributed by atoms with Crippen molar-refractivity contribution in [1.82, 2.24) is 0 Å². The zero-order valence-electron chi connectivity index (χ0n) is 8.51. The summed E-state index contributed by atoms with van der Waals surface area (Å²) >= 11 is 0. The molecule has 3 rings (SSSR count). The van der Waals surface area contributed by atoms with Gasteiger partial charge in [0.2, 0.25) is 0 Å². The monoisotopic (exact) mass is 250 g/mol. The van der Waals surface area contributed by atoms with Crippen molar-refractivity contribution >= 4 is 32.4 Å². The van der Waals surface area contributed by atoms with Crippen molar-refractivity contribution in [2.24, 2.45) is 0 Å². The van der Waals surface area contributed by atoms with Crippen molar-refractivity contribution in [1.29, 1.82) is 0 Å². The summed E-state index contributed by atoms with van der Waals surface area (Å²) in [6.07, 6.45) is 0. The third kappa shape index (κ3) is 1.44. The highest BCUT2D eigenvalue weighted by molar-refractivity contribution is 7.91. The zero-order valence-corrected chi connectivity index (χ0v) is 10.1. The molecule has 2 aromatic rings. The lowest BCUT2D eigenvalue weighted by Crippen LogP contribution is -2.17. The van der Waals surface area contributed by atoms with Gasteiger partial charge in [-0.15, -0.1) is 0 Å². The summed E-state index contributed by atoms with van der Waals surface area (Å²) < 4.78 is 23.9. The van der Waals surface area contributed by atoms with E-state index in [4.69, 9.17) is 0 Å². The Morgan fingerprint density at radius 3 is 2.50 bits per heavy atom. The van der Waals surface area contributed by atoms with Crippen molar-refractivity contribution < 1.29 is 8.42 Å². The number of hydrogen-bond acceptors (Lipinski definition) is 2. The first-order valence-electron chi connectivity index (χ1n) is 5.06. The van der Waals surface area contributed by atoms with E-state index in [9.17, 15) is 8.42 Å². The topological polar surface area (TPSA) is 34.1 Å². The SMILES string of the molecule is O=[S@@]1CC[S@@](=O)c2c1ccc1ccccc21. The molecule has 0 saturated heterocycles. The Morgan fingerprint density at radius 1 is 0.875 bits per heavy atom. The van der Waals surface area contributed by atoms with Gasteiger partial charge in [-0.25, -0.2) is 0 Å². The lowest BCUT2D eigenvalue weighted by Gasteiger charge is -2.16. The summed E-state index contributed by atoms with van der Waals surface area (Å²) in [6, 6.07) is 11.6. The van der Waals surface area contributed by atoms with E-state index in [0.717, 1.165) is 20.6 Å². The maximum absolute atomic E-state index is 12.0. The molecule has 82 valence electrons. The molecule has 1 aliphatic heterocycles. The molecule has 2 nitrogen and oxygen atoms in total. The van der Waals surface area contributed by atoms with Crippen molar-refractivity contribution in [3.05, 3.63) is 36.4 Å². The summed E-state index contributed by atoms with van der Waals surface area (Å²) in [6.45, 7) is 0. The molecular weight excluding hydrogens is 240 g/mol. The van der Waals surface area contributed by atoms with E-state index in [2.05, 4.69) is 0 Å². The van der Waals surface area contributed by atoms with Crippen LogP contribution in [-0.4, -0.2) is 19.9 Å². The first kappa shape index (κ1) is 10.2. The fourth-order valence-corrected chi connectivity index (χ4v) is 5.45. The van der Waals surface area contributed by atoms with E-state index in [0.29, 0.717) is 11.5 Å². The molecule has 16 heavy (non-hydrogen) atoms. The van der Waals surface area contributed by atoms with Gasteiger partial charge in [0.25, 0.3) is 0 Å². The number of rotatable bonds is 0. The summed E-state index contributed by atoms with van der Waals surface area (Å²) in [5, 5.41) is 2.04. The van der Waals surface area contributed by atoms with E-state index >= 15 is 0 Å². The van der Waals surface area contributed by atoms with Crippen LogP contribution < -0.4 is 0 Å². The molecule has 0 saturated carbocycles. The highest BCUT2D eigenvalue weighted by Crippen LogP contribution is 2.30. The van der Waals surface area contributed by atoms with Gasteiger partial charge in [0, 0.05) is 11.5 Å². The molecule has 0 amide bonds. The van der Waals surface area contributed by atoms with Gasteiger partial charge in [-0.05, 0) is 16.8 Å². The molecule has 1 aliphatic rings. The zero-order chi connectivity index (χ0) is 11.1. The Kier molecular flexibility index (Phi) is 2.41. The third-order valence-corrected chi connectivity index (χ3v) is 6.03. The first-order valence-corrected chi connectivity index (χ1v) is 7.69. The highest BCUT2D eigenvalue weighted by Gasteiger charge is 2.23. The van der Waals surface area contributed by atoms with Gasteiger partial charge in [0.05, 0.1) is 31.4 Å². The van der Waals surface area contributed by atoms with Gasteiger partial charge in [0.1, 0.15) is 0 Å². The maximum atomic E-state index is 12.0. The summed E-state index contributed by atoms with van der Waals surface area (Å²) in [4.78, 5) is 1.53. The smallest absolute Gasteiger partial charge is 0.0628 e. The van der Waals surface area contributed by atoms with Crippen molar-refractivity contribution in [3.8, 4) is 0 Å². The normalized spacial score (nSPS) is 24.2. The van der Waals surface area contributed by atoms with E-state index < -0.39 is 21.6 Å². The molecule has 0 aromatic heterocycles. The second-order valence-electron chi connectivity index (χ2n) is 3.71. The van der Waals surface area contributed by atoms with E-state index in [1.807, 2.05) is 36.4 Å². The van der Waals surface area contributed by atoms with Crippen molar-refractivity contribution in [2.45, 2.75) is 9.79 Å². The summed E-state index contributed by atoms with van der Waals surface area (Å²) in [5.74, 6) is 1.02. The molecule has 2 aromatic carbocycles. The maximum Gasteiger partial charge on any atom is 0.0628 e. The summed E-state index contributed by atoms with van der Waals surface area (Å²) in [7, 11) is -1.99. The minimum atomic E-state index is -1.00. The molecule has 0 radical (unpaired) electrons. The molecule has 0 bridgehead atoms. The standard InChI is InChI=1S/C12H10O2S2/c13-15-7-8-16(14)12-10-4-2-1-3-9(10)5-6-11(12)15/h1-6H,7-8H2/t15-,16-/m1/s1. The van der Waals surface area contributed by atoms with Crippen LogP contribution in [0.3, 0.4) is 0 Å². The lowest BCUT2D eigenvalue weighted by atomic mass is 10.1. The van der Waals surface area contributed by atoms with Gasteiger partial charge in [0.15, 0.2) is 0 Å². The highest BCUT2D eigenvalue weighted by atomic mass is 32.2. The average Bonchev–Trinajstić information content (AvgIpc) is 2.33. The van der Waals surface area contributed by atoms with Crippen LogP contribution in [-0.2, 0) is 21.6 Å². The van der Waals surface area contributed by atoms with Crippen molar-refractivity contribution in [3.63, 3.8) is 0 Å². The van der Waals surface area contributed by atoms with Crippen LogP contribution in [0.4, 0.5) is 0 Å². The predicted molar refractivity (Wildman–Crippen MR) is 66.5 cm³/mol. The van der Waals surface area contributed by atoms with Gasteiger partial charge in [-0.1, -0.05) is 30.3 Å². The Balaban J connectivity index is 2.44. The van der Waals surface area contributed by atoms with E-state index in [1.54, 1.807) is 0 Å². The molecule has 2 atom stereocenters. The second-order valence-corrected chi connectivity index (χ2v) is 6.76.